The van der Waals surface area contributed by atoms with E-state index in [1.54, 1.807) is 18.0 Å². The molecule has 3 rings (SSSR count). The molecule has 0 bridgehead atoms. The average molecular weight is 312 g/mol. The second-order valence-electron chi connectivity index (χ2n) is 5.53. The van der Waals surface area contributed by atoms with E-state index in [2.05, 4.69) is 10.4 Å². The van der Waals surface area contributed by atoms with E-state index < -0.39 is 0 Å². The van der Waals surface area contributed by atoms with Crippen molar-refractivity contribution in [1.29, 1.82) is 0 Å². The number of hydrogen-bond acceptors (Lipinski definition) is 3. The van der Waals surface area contributed by atoms with Crippen LogP contribution >= 0.6 is 0 Å². The molecule has 1 aromatic carbocycles. The lowest BCUT2D eigenvalue weighted by molar-refractivity contribution is 0.0894. The van der Waals surface area contributed by atoms with Gasteiger partial charge in [0.25, 0.3) is 5.91 Å². The number of nitrogens with zero attached hydrogens (tertiary/aromatic N) is 3. The molecule has 0 unspecified atom stereocenters. The first-order valence-corrected chi connectivity index (χ1v) is 7.43. The summed E-state index contributed by atoms with van der Waals surface area (Å²) >= 11 is 0. The van der Waals surface area contributed by atoms with E-state index in [4.69, 9.17) is 4.74 Å². The first kappa shape index (κ1) is 15.3. The van der Waals surface area contributed by atoms with Gasteiger partial charge in [-0.15, -0.1) is 0 Å². The van der Waals surface area contributed by atoms with Gasteiger partial charge in [-0.2, -0.15) is 5.10 Å². The molecule has 1 N–H and O–H groups in total. The third kappa shape index (κ3) is 2.85. The lowest BCUT2D eigenvalue weighted by Gasteiger charge is -2.18. The number of fused-ring (bicyclic) bond motifs is 1. The van der Waals surface area contributed by atoms with Gasteiger partial charge in [0.15, 0.2) is 0 Å². The fraction of sp³-hybridized carbons (Fsp3) is 0.294. The van der Waals surface area contributed by atoms with E-state index in [1.165, 1.54) is 0 Å². The summed E-state index contributed by atoms with van der Waals surface area (Å²) in [7, 11) is 5.41. The molecule has 0 saturated heterocycles. The summed E-state index contributed by atoms with van der Waals surface area (Å²) in [6.45, 7) is 0.385. The maximum Gasteiger partial charge on any atom is 0.254 e. The molecule has 2 heterocycles. The van der Waals surface area contributed by atoms with Crippen molar-refractivity contribution >= 4 is 16.8 Å². The smallest absolute Gasteiger partial charge is 0.254 e. The van der Waals surface area contributed by atoms with Crippen LogP contribution in [0.5, 0.6) is 0 Å². The molecule has 0 aliphatic heterocycles. The van der Waals surface area contributed by atoms with Crippen LogP contribution in [0.1, 0.15) is 22.1 Å². The minimum Gasteiger partial charge on any atom is -0.382 e. The minimum atomic E-state index is -0.251. The molecule has 1 atom stereocenters. The second-order valence-corrected chi connectivity index (χ2v) is 5.53. The maximum absolute atomic E-state index is 12.8. The monoisotopic (exact) mass is 312 g/mol. The summed E-state index contributed by atoms with van der Waals surface area (Å²) in [6.07, 6.45) is 3.56. The Balaban J connectivity index is 1.91. The fourth-order valence-electron chi connectivity index (χ4n) is 2.85. The molecule has 3 aromatic rings. The Bertz CT molecular complexity index is 834. The van der Waals surface area contributed by atoms with Gasteiger partial charge in [-0.25, -0.2) is 0 Å². The zero-order valence-electron chi connectivity index (χ0n) is 13.5. The van der Waals surface area contributed by atoms with Crippen LogP contribution in [0.25, 0.3) is 10.9 Å². The summed E-state index contributed by atoms with van der Waals surface area (Å²) in [5, 5.41) is 8.14. The van der Waals surface area contributed by atoms with Crippen LogP contribution in [0.15, 0.2) is 42.7 Å². The second kappa shape index (κ2) is 6.26. The van der Waals surface area contributed by atoms with Crippen LogP contribution in [0.3, 0.4) is 0 Å². The van der Waals surface area contributed by atoms with Crippen molar-refractivity contribution in [3.05, 3.63) is 54.0 Å². The van der Waals surface area contributed by atoms with Crippen LogP contribution in [0, 0.1) is 0 Å². The number of aryl methyl sites for hydroxylation is 2. The Morgan fingerprint density at radius 2 is 2.09 bits per heavy atom. The van der Waals surface area contributed by atoms with Crippen molar-refractivity contribution < 1.29 is 9.53 Å². The van der Waals surface area contributed by atoms with Gasteiger partial charge in [-0.1, -0.05) is 18.2 Å². The van der Waals surface area contributed by atoms with Gasteiger partial charge in [0.05, 0.1) is 23.9 Å². The summed E-state index contributed by atoms with van der Waals surface area (Å²) in [6, 6.07) is 9.49. The molecule has 0 aliphatic carbocycles. The molecule has 1 amide bonds. The normalized spacial score (nSPS) is 12.5. The van der Waals surface area contributed by atoms with E-state index in [0.29, 0.717) is 12.2 Å². The van der Waals surface area contributed by atoms with Crippen molar-refractivity contribution in [3.8, 4) is 0 Å². The Morgan fingerprint density at radius 1 is 1.30 bits per heavy atom. The van der Waals surface area contributed by atoms with Gasteiger partial charge in [0, 0.05) is 44.5 Å². The van der Waals surface area contributed by atoms with Crippen LogP contribution in [0.2, 0.25) is 0 Å². The minimum absolute atomic E-state index is 0.120. The summed E-state index contributed by atoms with van der Waals surface area (Å²) in [4.78, 5) is 12.8. The molecule has 0 spiro atoms. The van der Waals surface area contributed by atoms with Crippen molar-refractivity contribution in [1.82, 2.24) is 19.7 Å². The van der Waals surface area contributed by atoms with E-state index in [0.717, 1.165) is 16.6 Å². The first-order valence-electron chi connectivity index (χ1n) is 7.43. The number of hydrogen-bond donors (Lipinski definition) is 1. The Labute approximate surface area is 134 Å². The van der Waals surface area contributed by atoms with Crippen molar-refractivity contribution in [3.63, 3.8) is 0 Å². The predicted octanol–water partition coefficient (Wildman–Crippen LogP) is 2.03. The molecule has 2 aromatic heterocycles. The molecule has 0 saturated carbocycles. The summed E-state index contributed by atoms with van der Waals surface area (Å²) in [5.74, 6) is -0.120. The molecular weight excluding hydrogens is 292 g/mol. The standard InChI is InChI=1S/C17H20N4O2/c1-20-10-13(12-6-4-5-7-15(12)20)17(22)19-14(11-23-3)16-8-9-18-21(16)2/h4-10,14H,11H2,1-3H3,(H,19,22)/t14-/m1/s1. The number of carbonyl (C=O) groups is 1. The largest absolute Gasteiger partial charge is 0.382 e. The third-order valence-corrected chi connectivity index (χ3v) is 4.00. The molecule has 6 nitrogen and oxygen atoms in total. The van der Waals surface area contributed by atoms with E-state index in [1.807, 2.05) is 55.2 Å². The number of ether oxygens (including phenoxy) is 1. The van der Waals surface area contributed by atoms with Gasteiger partial charge in [0.1, 0.15) is 0 Å². The zero-order valence-corrected chi connectivity index (χ0v) is 13.5. The number of amides is 1. The van der Waals surface area contributed by atoms with Gasteiger partial charge >= 0.3 is 0 Å². The van der Waals surface area contributed by atoms with Gasteiger partial charge in [0.2, 0.25) is 0 Å². The molecule has 0 radical (unpaired) electrons. The van der Waals surface area contributed by atoms with Crippen molar-refractivity contribution in [2.45, 2.75) is 6.04 Å². The van der Waals surface area contributed by atoms with Crippen molar-refractivity contribution in [2.24, 2.45) is 14.1 Å². The van der Waals surface area contributed by atoms with Crippen LogP contribution in [-0.4, -0.2) is 34.0 Å². The lowest BCUT2D eigenvalue weighted by atomic mass is 10.1. The van der Waals surface area contributed by atoms with Crippen LogP contribution in [-0.2, 0) is 18.8 Å². The van der Waals surface area contributed by atoms with Crippen LogP contribution < -0.4 is 5.32 Å². The highest BCUT2D eigenvalue weighted by Crippen LogP contribution is 2.21. The Hall–Kier alpha value is -2.60. The van der Waals surface area contributed by atoms with E-state index in [9.17, 15) is 4.79 Å². The molecule has 6 heteroatoms. The highest BCUT2D eigenvalue weighted by molar-refractivity contribution is 6.07. The van der Waals surface area contributed by atoms with E-state index in [-0.39, 0.29) is 11.9 Å². The summed E-state index contributed by atoms with van der Waals surface area (Å²) in [5.41, 5.74) is 2.59. The van der Waals surface area contributed by atoms with Crippen LogP contribution in [0.4, 0.5) is 0 Å². The number of aromatic nitrogens is 3. The topological polar surface area (TPSA) is 61.1 Å². The fourth-order valence-corrected chi connectivity index (χ4v) is 2.85. The number of carbonyl (C=O) groups excluding carboxylic acids is 1. The molecule has 0 fully saturated rings. The Morgan fingerprint density at radius 3 is 2.78 bits per heavy atom. The van der Waals surface area contributed by atoms with E-state index >= 15 is 0 Å². The molecule has 120 valence electrons. The average Bonchev–Trinajstić information content (AvgIpc) is 3.11. The van der Waals surface area contributed by atoms with Crippen molar-refractivity contribution in [2.75, 3.05) is 13.7 Å². The quantitative estimate of drug-likeness (QED) is 0.784. The number of rotatable bonds is 5. The highest BCUT2D eigenvalue weighted by Gasteiger charge is 2.20. The number of benzene rings is 1. The number of nitrogens with one attached hydrogen (secondary N) is 1. The Kier molecular flexibility index (Phi) is 4.16. The van der Waals surface area contributed by atoms with Gasteiger partial charge in [-0.3, -0.25) is 9.48 Å². The third-order valence-electron chi connectivity index (χ3n) is 4.00. The lowest BCUT2D eigenvalue weighted by Crippen LogP contribution is -2.32. The SMILES string of the molecule is COC[C@@H](NC(=O)c1cn(C)c2ccccc12)c1ccnn1C. The highest BCUT2D eigenvalue weighted by atomic mass is 16.5. The first-order chi connectivity index (χ1) is 11.1. The molecule has 23 heavy (non-hydrogen) atoms. The molecule has 0 aliphatic rings. The van der Waals surface area contributed by atoms with Gasteiger partial charge < -0.3 is 14.6 Å². The van der Waals surface area contributed by atoms with Gasteiger partial charge in [-0.05, 0) is 12.1 Å². The predicted molar refractivity (Wildman–Crippen MR) is 88.2 cm³/mol. The maximum atomic E-state index is 12.8. The zero-order chi connectivity index (χ0) is 16.4. The summed E-state index contributed by atoms with van der Waals surface area (Å²) < 4.78 is 8.95. The number of para-hydroxylation sites is 1. The molecular formula is C17H20N4O2. The number of methoxy groups -OCH3 is 1.